The van der Waals surface area contributed by atoms with Crippen molar-refractivity contribution in [3.63, 3.8) is 0 Å². The Labute approximate surface area is 109 Å². The van der Waals surface area contributed by atoms with E-state index in [1.165, 1.54) is 0 Å². The molecule has 0 aromatic heterocycles. The van der Waals surface area contributed by atoms with E-state index in [9.17, 15) is 4.79 Å². The lowest BCUT2D eigenvalue weighted by Gasteiger charge is -2.25. The van der Waals surface area contributed by atoms with E-state index >= 15 is 0 Å². The minimum absolute atomic E-state index is 0.114. The van der Waals surface area contributed by atoms with Crippen molar-refractivity contribution in [3.05, 3.63) is 35.9 Å². The van der Waals surface area contributed by atoms with Gasteiger partial charge in [0.2, 0.25) is 5.91 Å². The van der Waals surface area contributed by atoms with Crippen molar-refractivity contribution in [2.24, 2.45) is 5.73 Å². The summed E-state index contributed by atoms with van der Waals surface area (Å²) >= 11 is 0. The Bertz CT molecular complexity index is 387. The van der Waals surface area contributed by atoms with Crippen LogP contribution in [-0.4, -0.2) is 29.4 Å². The van der Waals surface area contributed by atoms with Gasteiger partial charge in [-0.3, -0.25) is 4.79 Å². The van der Waals surface area contributed by atoms with Crippen molar-refractivity contribution in [2.45, 2.75) is 44.7 Å². The third kappa shape index (κ3) is 3.33. The molecule has 1 unspecified atom stereocenters. The summed E-state index contributed by atoms with van der Waals surface area (Å²) in [4.78, 5) is 14.3. The molecule has 0 bridgehead atoms. The zero-order chi connectivity index (χ0) is 13.0. The Morgan fingerprint density at radius 2 is 2.06 bits per heavy atom. The van der Waals surface area contributed by atoms with Crippen LogP contribution in [0.3, 0.4) is 0 Å². The molecule has 3 nitrogen and oxygen atoms in total. The lowest BCUT2D eigenvalue weighted by Crippen LogP contribution is -2.46. The molecule has 1 aromatic carbocycles. The first-order chi connectivity index (χ1) is 8.72. The zero-order valence-corrected chi connectivity index (χ0v) is 11.0. The van der Waals surface area contributed by atoms with Crippen LogP contribution in [0.2, 0.25) is 0 Å². The van der Waals surface area contributed by atoms with Crippen LogP contribution in [0, 0.1) is 0 Å². The Balaban J connectivity index is 1.94. The standard InChI is InChI=1S/C15H22N2O/c1-2-10-17(13-8-9-13)15(18)14(16)11-12-6-4-3-5-7-12/h3-7,13-14H,2,8-11,16H2,1H3. The van der Waals surface area contributed by atoms with Crippen molar-refractivity contribution in [1.29, 1.82) is 0 Å². The maximum absolute atomic E-state index is 12.3. The summed E-state index contributed by atoms with van der Waals surface area (Å²) < 4.78 is 0. The van der Waals surface area contributed by atoms with Gasteiger partial charge in [-0.2, -0.15) is 0 Å². The van der Waals surface area contributed by atoms with Gasteiger partial charge in [-0.1, -0.05) is 37.3 Å². The summed E-state index contributed by atoms with van der Waals surface area (Å²) in [5, 5.41) is 0. The van der Waals surface area contributed by atoms with E-state index in [4.69, 9.17) is 5.73 Å². The van der Waals surface area contributed by atoms with Gasteiger partial charge >= 0.3 is 0 Å². The van der Waals surface area contributed by atoms with Crippen molar-refractivity contribution < 1.29 is 4.79 Å². The fraction of sp³-hybridized carbons (Fsp3) is 0.533. The van der Waals surface area contributed by atoms with Crippen LogP contribution in [0.5, 0.6) is 0 Å². The molecule has 1 aliphatic rings. The number of amides is 1. The summed E-state index contributed by atoms with van der Waals surface area (Å²) in [6.07, 6.45) is 3.92. The van der Waals surface area contributed by atoms with Crippen LogP contribution in [0.15, 0.2) is 30.3 Å². The molecule has 1 aromatic rings. The second kappa shape index (κ2) is 6.01. The molecule has 0 radical (unpaired) electrons. The van der Waals surface area contributed by atoms with Gasteiger partial charge in [0.15, 0.2) is 0 Å². The predicted octanol–water partition coefficient (Wildman–Crippen LogP) is 1.96. The lowest BCUT2D eigenvalue weighted by molar-refractivity contribution is -0.133. The Kier molecular flexibility index (Phi) is 4.37. The van der Waals surface area contributed by atoms with Gasteiger partial charge in [0, 0.05) is 12.6 Å². The minimum atomic E-state index is -0.403. The van der Waals surface area contributed by atoms with E-state index in [1.54, 1.807) is 0 Å². The van der Waals surface area contributed by atoms with Crippen LogP contribution < -0.4 is 5.73 Å². The molecule has 1 atom stereocenters. The second-order valence-electron chi connectivity index (χ2n) is 5.06. The SMILES string of the molecule is CCCN(C(=O)C(N)Cc1ccccc1)C1CC1. The molecule has 18 heavy (non-hydrogen) atoms. The predicted molar refractivity (Wildman–Crippen MR) is 73.1 cm³/mol. The summed E-state index contributed by atoms with van der Waals surface area (Å²) in [5.41, 5.74) is 7.18. The lowest BCUT2D eigenvalue weighted by atomic mass is 10.1. The number of nitrogens with two attached hydrogens (primary N) is 1. The molecular formula is C15H22N2O. The molecule has 1 aliphatic carbocycles. The number of carbonyl (C=O) groups is 1. The third-order valence-corrected chi connectivity index (χ3v) is 3.35. The molecule has 2 N–H and O–H groups in total. The normalized spacial score (nSPS) is 16.3. The first-order valence-corrected chi connectivity index (χ1v) is 6.82. The second-order valence-corrected chi connectivity index (χ2v) is 5.06. The molecule has 3 heteroatoms. The molecule has 1 fully saturated rings. The molecule has 1 amide bonds. The summed E-state index contributed by atoms with van der Waals surface area (Å²) in [7, 11) is 0. The summed E-state index contributed by atoms with van der Waals surface area (Å²) in [6.45, 7) is 2.94. The van der Waals surface area contributed by atoms with E-state index in [1.807, 2.05) is 35.2 Å². The fourth-order valence-electron chi connectivity index (χ4n) is 2.27. The Morgan fingerprint density at radius 3 is 2.61 bits per heavy atom. The third-order valence-electron chi connectivity index (χ3n) is 3.35. The van der Waals surface area contributed by atoms with Crippen LogP contribution in [0.4, 0.5) is 0 Å². The smallest absolute Gasteiger partial charge is 0.240 e. The summed E-state index contributed by atoms with van der Waals surface area (Å²) in [6, 6.07) is 10.0. The Hall–Kier alpha value is -1.35. The monoisotopic (exact) mass is 246 g/mol. The van der Waals surface area contributed by atoms with Crippen LogP contribution in [0.1, 0.15) is 31.7 Å². The van der Waals surface area contributed by atoms with Crippen LogP contribution in [0.25, 0.3) is 0 Å². The molecule has 0 aliphatic heterocycles. The molecule has 0 saturated heterocycles. The molecule has 0 spiro atoms. The quantitative estimate of drug-likeness (QED) is 0.834. The van der Waals surface area contributed by atoms with E-state index in [0.717, 1.165) is 31.4 Å². The topological polar surface area (TPSA) is 46.3 Å². The van der Waals surface area contributed by atoms with Gasteiger partial charge in [0.05, 0.1) is 6.04 Å². The number of carbonyl (C=O) groups excluding carboxylic acids is 1. The highest BCUT2D eigenvalue weighted by atomic mass is 16.2. The Morgan fingerprint density at radius 1 is 1.39 bits per heavy atom. The van der Waals surface area contributed by atoms with Gasteiger partial charge in [0.25, 0.3) is 0 Å². The van der Waals surface area contributed by atoms with E-state index in [2.05, 4.69) is 6.92 Å². The van der Waals surface area contributed by atoms with Crippen molar-refractivity contribution >= 4 is 5.91 Å². The maximum atomic E-state index is 12.3. The maximum Gasteiger partial charge on any atom is 0.240 e. The minimum Gasteiger partial charge on any atom is -0.338 e. The average molecular weight is 246 g/mol. The van der Waals surface area contributed by atoms with E-state index in [-0.39, 0.29) is 5.91 Å². The fourth-order valence-corrected chi connectivity index (χ4v) is 2.27. The molecule has 98 valence electrons. The molecular weight excluding hydrogens is 224 g/mol. The van der Waals surface area contributed by atoms with E-state index in [0.29, 0.717) is 12.5 Å². The number of hydrogen-bond acceptors (Lipinski definition) is 2. The van der Waals surface area contributed by atoms with Gasteiger partial charge in [0.1, 0.15) is 0 Å². The largest absolute Gasteiger partial charge is 0.338 e. The first-order valence-electron chi connectivity index (χ1n) is 6.82. The average Bonchev–Trinajstić information content (AvgIpc) is 3.20. The summed E-state index contributed by atoms with van der Waals surface area (Å²) in [5.74, 6) is 0.114. The van der Waals surface area contributed by atoms with Gasteiger partial charge in [-0.25, -0.2) is 0 Å². The highest BCUT2D eigenvalue weighted by molar-refractivity contribution is 5.82. The van der Waals surface area contributed by atoms with Gasteiger partial charge in [-0.15, -0.1) is 0 Å². The number of rotatable bonds is 6. The number of hydrogen-bond donors (Lipinski definition) is 1. The molecule has 0 heterocycles. The van der Waals surface area contributed by atoms with Crippen LogP contribution >= 0.6 is 0 Å². The molecule has 1 saturated carbocycles. The van der Waals surface area contributed by atoms with E-state index < -0.39 is 6.04 Å². The van der Waals surface area contributed by atoms with Gasteiger partial charge in [-0.05, 0) is 31.2 Å². The zero-order valence-electron chi connectivity index (χ0n) is 11.0. The van der Waals surface area contributed by atoms with Crippen molar-refractivity contribution in [2.75, 3.05) is 6.54 Å². The van der Waals surface area contributed by atoms with Crippen molar-refractivity contribution in [1.82, 2.24) is 4.90 Å². The van der Waals surface area contributed by atoms with Crippen LogP contribution in [-0.2, 0) is 11.2 Å². The molecule has 2 rings (SSSR count). The van der Waals surface area contributed by atoms with Crippen molar-refractivity contribution in [3.8, 4) is 0 Å². The highest BCUT2D eigenvalue weighted by Crippen LogP contribution is 2.27. The first kappa shape index (κ1) is 13.1. The highest BCUT2D eigenvalue weighted by Gasteiger charge is 2.33. The number of nitrogens with zero attached hydrogens (tertiary/aromatic N) is 1. The number of benzene rings is 1. The van der Waals surface area contributed by atoms with Gasteiger partial charge < -0.3 is 10.6 Å².